The maximum atomic E-state index is 13.8. The van der Waals surface area contributed by atoms with Crippen molar-refractivity contribution in [2.45, 2.75) is 25.7 Å². The molecular formula is C26H26N4O3. The van der Waals surface area contributed by atoms with Gasteiger partial charge in [0.2, 0.25) is 5.91 Å². The Labute approximate surface area is 191 Å². The summed E-state index contributed by atoms with van der Waals surface area (Å²) in [5, 5.41) is 3.28. The van der Waals surface area contributed by atoms with Crippen LogP contribution in [0.25, 0.3) is 11.0 Å². The molecule has 1 N–H and O–H groups in total. The number of fused-ring (bicyclic) bond motifs is 1. The number of rotatable bonds is 6. The van der Waals surface area contributed by atoms with Crippen molar-refractivity contribution < 1.29 is 4.79 Å². The van der Waals surface area contributed by atoms with Crippen molar-refractivity contribution in [2.75, 3.05) is 5.32 Å². The summed E-state index contributed by atoms with van der Waals surface area (Å²) < 4.78 is 2.37. The number of benzene rings is 2. The van der Waals surface area contributed by atoms with Crippen LogP contribution >= 0.6 is 0 Å². The molecule has 0 saturated carbocycles. The van der Waals surface area contributed by atoms with Gasteiger partial charge in [-0.25, -0.2) is 9.78 Å². The molecule has 0 radical (unpaired) electrons. The Kier molecular flexibility index (Phi) is 6.22. The van der Waals surface area contributed by atoms with E-state index in [0.29, 0.717) is 12.1 Å². The molecule has 0 bridgehead atoms. The molecule has 33 heavy (non-hydrogen) atoms. The molecule has 7 nitrogen and oxygen atoms in total. The largest absolute Gasteiger partial charge is 0.332 e. The Morgan fingerprint density at radius 1 is 0.939 bits per heavy atom. The minimum atomic E-state index is -0.568. The Hall–Kier alpha value is -4.00. The molecule has 0 saturated heterocycles. The van der Waals surface area contributed by atoms with Crippen molar-refractivity contribution in [3.05, 3.63) is 104 Å². The quantitative estimate of drug-likeness (QED) is 0.496. The van der Waals surface area contributed by atoms with Gasteiger partial charge in [-0.3, -0.25) is 18.7 Å². The van der Waals surface area contributed by atoms with Gasteiger partial charge in [0.05, 0.1) is 11.6 Å². The topological polar surface area (TPSA) is 86.0 Å². The van der Waals surface area contributed by atoms with E-state index in [0.717, 1.165) is 27.7 Å². The molecule has 2 aromatic heterocycles. The number of hydrogen-bond donors (Lipinski definition) is 1. The summed E-state index contributed by atoms with van der Waals surface area (Å²) in [4.78, 5) is 43.7. The molecule has 0 fully saturated rings. The van der Waals surface area contributed by atoms with E-state index in [1.165, 1.54) is 11.6 Å². The minimum absolute atomic E-state index is 0.235. The van der Waals surface area contributed by atoms with E-state index in [4.69, 9.17) is 0 Å². The van der Waals surface area contributed by atoms with Gasteiger partial charge >= 0.3 is 5.69 Å². The average molecular weight is 443 g/mol. The van der Waals surface area contributed by atoms with Crippen LogP contribution in [-0.2, 0) is 25.3 Å². The molecule has 0 aliphatic rings. The van der Waals surface area contributed by atoms with Crippen molar-refractivity contribution in [1.29, 1.82) is 0 Å². The number of anilines is 1. The number of amides is 1. The lowest BCUT2D eigenvalue weighted by Crippen LogP contribution is -2.38. The third-order valence-corrected chi connectivity index (χ3v) is 5.84. The van der Waals surface area contributed by atoms with Crippen LogP contribution in [0, 0.1) is 0 Å². The SMILES string of the molecule is CCCc1cnc2c(c1NC(=O)C(c1ccccc1)c1ccccc1)c(=O)n(C)c(=O)n2C. The number of nitrogens with zero attached hydrogens (tertiary/aromatic N) is 3. The van der Waals surface area contributed by atoms with Gasteiger partial charge in [0, 0.05) is 20.3 Å². The molecule has 0 unspecified atom stereocenters. The summed E-state index contributed by atoms with van der Waals surface area (Å²) in [6, 6.07) is 19.1. The Morgan fingerprint density at radius 3 is 2.06 bits per heavy atom. The number of carbonyl (C=O) groups excluding carboxylic acids is 1. The first kappa shape index (κ1) is 22.2. The first-order valence-electron chi connectivity index (χ1n) is 10.9. The fourth-order valence-corrected chi connectivity index (χ4v) is 4.15. The predicted octanol–water partition coefficient (Wildman–Crippen LogP) is 3.36. The van der Waals surface area contributed by atoms with E-state index in [2.05, 4.69) is 10.3 Å². The number of nitrogens with one attached hydrogen (secondary N) is 1. The third kappa shape index (κ3) is 4.09. The number of aromatic nitrogens is 3. The summed E-state index contributed by atoms with van der Waals surface area (Å²) in [5.74, 6) is -0.824. The number of aryl methyl sites for hydroxylation is 2. The average Bonchev–Trinajstić information content (AvgIpc) is 2.84. The molecule has 0 spiro atoms. The zero-order valence-corrected chi connectivity index (χ0v) is 18.9. The second-order valence-electron chi connectivity index (χ2n) is 8.06. The Morgan fingerprint density at radius 2 is 1.52 bits per heavy atom. The molecule has 2 aromatic carbocycles. The van der Waals surface area contributed by atoms with Crippen molar-refractivity contribution in [3.8, 4) is 0 Å². The van der Waals surface area contributed by atoms with Gasteiger partial charge in [0.15, 0.2) is 5.65 Å². The molecule has 7 heteroatoms. The second kappa shape index (κ2) is 9.24. The van der Waals surface area contributed by atoms with Crippen LogP contribution in [-0.4, -0.2) is 20.0 Å². The van der Waals surface area contributed by atoms with E-state index < -0.39 is 17.2 Å². The van der Waals surface area contributed by atoms with Crippen molar-refractivity contribution in [2.24, 2.45) is 14.1 Å². The number of carbonyl (C=O) groups is 1. The van der Waals surface area contributed by atoms with Gasteiger partial charge in [-0.1, -0.05) is 74.0 Å². The number of hydrogen-bond acceptors (Lipinski definition) is 4. The van der Waals surface area contributed by atoms with Gasteiger partial charge in [-0.15, -0.1) is 0 Å². The van der Waals surface area contributed by atoms with Crippen LogP contribution < -0.4 is 16.6 Å². The van der Waals surface area contributed by atoms with Gasteiger partial charge in [0.1, 0.15) is 5.39 Å². The van der Waals surface area contributed by atoms with Crippen molar-refractivity contribution in [3.63, 3.8) is 0 Å². The molecule has 1 amide bonds. The fraction of sp³-hybridized carbons (Fsp3) is 0.231. The molecule has 0 aliphatic carbocycles. The standard InChI is InChI=1S/C26H26N4O3/c1-4-11-19-16-27-23-21(25(32)30(3)26(33)29(23)2)22(19)28-24(31)20(17-12-7-5-8-13-17)18-14-9-6-10-15-18/h5-10,12-16,20H,4,11H2,1-3H3,(H,27,28,31). The highest BCUT2D eigenvalue weighted by molar-refractivity contribution is 6.04. The van der Waals surface area contributed by atoms with Gasteiger partial charge in [-0.05, 0) is 23.1 Å². The van der Waals surface area contributed by atoms with Crippen LogP contribution in [0.4, 0.5) is 5.69 Å². The van der Waals surface area contributed by atoms with Crippen molar-refractivity contribution >= 4 is 22.6 Å². The molecule has 2 heterocycles. The highest BCUT2D eigenvalue weighted by atomic mass is 16.2. The minimum Gasteiger partial charge on any atom is -0.324 e. The summed E-state index contributed by atoms with van der Waals surface area (Å²) >= 11 is 0. The van der Waals surface area contributed by atoms with E-state index in [9.17, 15) is 14.4 Å². The van der Waals surface area contributed by atoms with Crippen LogP contribution in [0.5, 0.6) is 0 Å². The monoisotopic (exact) mass is 442 g/mol. The number of pyridine rings is 1. The normalized spacial score (nSPS) is 11.2. The molecular weight excluding hydrogens is 416 g/mol. The van der Waals surface area contributed by atoms with E-state index in [-0.39, 0.29) is 16.9 Å². The van der Waals surface area contributed by atoms with E-state index in [1.807, 2.05) is 67.6 Å². The summed E-state index contributed by atoms with van der Waals surface area (Å²) in [5.41, 5.74) is 2.16. The molecule has 168 valence electrons. The summed E-state index contributed by atoms with van der Waals surface area (Å²) in [6.45, 7) is 2.02. The first-order chi connectivity index (χ1) is 15.9. The zero-order valence-electron chi connectivity index (χ0n) is 18.9. The van der Waals surface area contributed by atoms with Crippen LogP contribution in [0.1, 0.15) is 36.0 Å². The molecule has 0 aliphatic heterocycles. The lowest BCUT2D eigenvalue weighted by Gasteiger charge is -2.20. The van der Waals surface area contributed by atoms with E-state index in [1.54, 1.807) is 13.2 Å². The van der Waals surface area contributed by atoms with Gasteiger partial charge < -0.3 is 5.32 Å². The molecule has 4 rings (SSSR count). The highest BCUT2D eigenvalue weighted by Gasteiger charge is 2.25. The van der Waals surface area contributed by atoms with Crippen molar-refractivity contribution in [1.82, 2.24) is 14.1 Å². The first-order valence-corrected chi connectivity index (χ1v) is 10.9. The third-order valence-electron chi connectivity index (χ3n) is 5.84. The van der Waals surface area contributed by atoms with E-state index >= 15 is 0 Å². The maximum absolute atomic E-state index is 13.8. The van der Waals surface area contributed by atoms with Crippen LogP contribution in [0.15, 0.2) is 76.4 Å². The molecule has 4 aromatic rings. The Balaban J connectivity index is 1.91. The summed E-state index contributed by atoms with van der Waals surface area (Å²) in [6.07, 6.45) is 3.08. The fourth-order valence-electron chi connectivity index (χ4n) is 4.15. The maximum Gasteiger partial charge on any atom is 0.332 e. The smallest absolute Gasteiger partial charge is 0.324 e. The van der Waals surface area contributed by atoms with Crippen LogP contribution in [0.2, 0.25) is 0 Å². The predicted molar refractivity (Wildman–Crippen MR) is 130 cm³/mol. The van der Waals surface area contributed by atoms with Crippen LogP contribution in [0.3, 0.4) is 0 Å². The lowest BCUT2D eigenvalue weighted by molar-refractivity contribution is -0.116. The second-order valence-corrected chi connectivity index (χ2v) is 8.06. The molecule has 0 atom stereocenters. The van der Waals surface area contributed by atoms with Gasteiger partial charge in [0.25, 0.3) is 5.56 Å². The summed E-state index contributed by atoms with van der Waals surface area (Å²) in [7, 11) is 3.00. The Bertz CT molecular complexity index is 1380. The highest BCUT2D eigenvalue weighted by Crippen LogP contribution is 2.29. The lowest BCUT2D eigenvalue weighted by atomic mass is 9.90. The zero-order chi connectivity index (χ0) is 23.5. The van der Waals surface area contributed by atoms with Gasteiger partial charge in [-0.2, -0.15) is 0 Å².